The monoisotopic (exact) mass is 396 g/mol. The highest BCUT2D eigenvalue weighted by molar-refractivity contribution is 6.30. The second kappa shape index (κ2) is 7.86. The van der Waals surface area contributed by atoms with Crippen LogP contribution in [0, 0.1) is 5.92 Å². The number of rotatable bonds is 2. The fourth-order valence-corrected chi connectivity index (χ4v) is 3.85. The summed E-state index contributed by atoms with van der Waals surface area (Å²) in [6.45, 7) is 2.59. The van der Waals surface area contributed by atoms with Gasteiger partial charge in [0.15, 0.2) is 0 Å². The summed E-state index contributed by atoms with van der Waals surface area (Å²) >= 11 is 6.09. The van der Waals surface area contributed by atoms with Crippen LogP contribution in [0.5, 0.6) is 5.75 Å². The third kappa shape index (κ3) is 3.54. The fourth-order valence-electron chi connectivity index (χ4n) is 3.65. The Bertz CT molecular complexity index is 795. The third-order valence-electron chi connectivity index (χ3n) is 4.96. The zero-order valence-corrected chi connectivity index (χ0v) is 16.1. The summed E-state index contributed by atoms with van der Waals surface area (Å²) in [5, 5.41) is 4.04. The van der Waals surface area contributed by atoms with E-state index in [0.29, 0.717) is 31.1 Å². The molecule has 0 radical (unpaired) electrons. The highest BCUT2D eigenvalue weighted by Crippen LogP contribution is 2.32. The lowest BCUT2D eigenvalue weighted by molar-refractivity contribution is -0.140. The summed E-state index contributed by atoms with van der Waals surface area (Å²) in [6.07, 6.45) is 4.34. The lowest BCUT2D eigenvalue weighted by atomic mass is 9.94. The lowest BCUT2D eigenvalue weighted by Crippen LogP contribution is -2.52. The molecule has 1 aromatic heterocycles. The van der Waals surface area contributed by atoms with Crippen LogP contribution in [0.15, 0.2) is 30.6 Å². The smallest absolute Gasteiger partial charge is 0.230 e. The van der Waals surface area contributed by atoms with Crippen LogP contribution < -0.4 is 10.1 Å². The van der Waals surface area contributed by atoms with Gasteiger partial charge < -0.3 is 19.5 Å². The van der Waals surface area contributed by atoms with Gasteiger partial charge in [0.1, 0.15) is 24.2 Å². The molecular formula is C18H22Cl2N4O2. The highest BCUT2D eigenvalue weighted by Gasteiger charge is 2.36. The molecule has 2 aliphatic heterocycles. The maximum Gasteiger partial charge on any atom is 0.230 e. The van der Waals surface area contributed by atoms with Gasteiger partial charge in [-0.1, -0.05) is 11.6 Å². The minimum Gasteiger partial charge on any atom is -0.492 e. The van der Waals surface area contributed by atoms with Crippen molar-refractivity contribution in [3.05, 3.63) is 47.0 Å². The number of imidazole rings is 1. The van der Waals surface area contributed by atoms with Crippen LogP contribution in [0.4, 0.5) is 0 Å². The predicted molar refractivity (Wildman–Crippen MR) is 102 cm³/mol. The Balaban J connectivity index is 0.00000196. The van der Waals surface area contributed by atoms with Gasteiger partial charge in [0.25, 0.3) is 0 Å². The molecule has 1 aromatic carbocycles. The third-order valence-corrected chi connectivity index (χ3v) is 5.20. The summed E-state index contributed by atoms with van der Waals surface area (Å²) in [5.74, 6) is 1.67. The van der Waals surface area contributed by atoms with Crippen LogP contribution >= 0.6 is 24.0 Å². The Morgan fingerprint density at radius 1 is 1.42 bits per heavy atom. The average molecular weight is 397 g/mol. The lowest BCUT2D eigenvalue weighted by Gasteiger charge is -2.38. The Hall–Kier alpha value is -1.76. The van der Waals surface area contributed by atoms with Crippen molar-refractivity contribution in [1.82, 2.24) is 19.8 Å². The van der Waals surface area contributed by atoms with Crippen molar-refractivity contribution in [2.24, 2.45) is 13.0 Å². The van der Waals surface area contributed by atoms with E-state index in [0.717, 1.165) is 23.7 Å². The van der Waals surface area contributed by atoms with Crippen molar-refractivity contribution in [3.63, 3.8) is 0 Å². The molecule has 2 unspecified atom stereocenters. The van der Waals surface area contributed by atoms with Gasteiger partial charge in [-0.05, 0) is 30.2 Å². The van der Waals surface area contributed by atoms with E-state index in [9.17, 15) is 4.79 Å². The zero-order chi connectivity index (χ0) is 17.4. The summed E-state index contributed by atoms with van der Waals surface area (Å²) in [7, 11) is 1.96. The van der Waals surface area contributed by atoms with Gasteiger partial charge in [0.2, 0.25) is 5.91 Å². The second-order valence-electron chi connectivity index (χ2n) is 6.61. The van der Waals surface area contributed by atoms with Gasteiger partial charge in [0.05, 0.1) is 5.92 Å². The summed E-state index contributed by atoms with van der Waals surface area (Å²) < 4.78 is 7.79. The molecule has 2 aliphatic rings. The van der Waals surface area contributed by atoms with Crippen molar-refractivity contribution in [2.75, 3.05) is 26.2 Å². The summed E-state index contributed by atoms with van der Waals surface area (Å²) in [5.41, 5.74) is 1.00. The summed E-state index contributed by atoms with van der Waals surface area (Å²) in [6, 6.07) is 5.53. The van der Waals surface area contributed by atoms with Gasteiger partial charge in [-0.3, -0.25) is 4.79 Å². The number of hydrogen-bond acceptors (Lipinski definition) is 4. The van der Waals surface area contributed by atoms with Gasteiger partial charge in [0, 0.05) is 44.1 Å². The number of aromatic nitrogens is 2. The molecule has 0 spiro atoms. The minimum absolute atomic E-state index is 0. The van der Waals surface area contributed by atoms with E-state index in [1.54, 1.807) is 6.20 Å². The van der Waals surface area contributed by atoms with Crippen molar-refractivity contribution < 1.29 is 9.53 Å². The van der Waals surface area contributed by atoms with Crippen LogP contribution in [0.3, 0.4) is 0 Å². The highest BCUT2D eigenvalue weighted by atomic mass is 35.5. The molecule has 8 heteroatoms. The normalized spacial score (nSPS) is 22.2. The Morgan fingerprint density at radius 3 is 3.04 bits per heavy atom. The Kier molecular flexibility index (Phi) is 5.75. The average Bonchev–Trinajstić information content (AvgIpc) is 3.06. The predicted octanol–water partition coefficient (Wildman–Crippen LogP) is 2.22. The van der Waals surface area contributed by atoms with Crippen LogP contribution in [-0.2, 0) is 18.3 Å². The van der Waals surface area contributed by atoms with E-state index in [1.807, 2.05) is 40.9 Å². The van der Waals surface area contributed by atoms with Gasteiger partial charge >= 0.3 is 0 Å². The molecular weight excluding hydrogens is 375 g/mol. The van der Waals surface area contributed by atoms with Crippen LogP contribution in [0.2, 0.25) is 5.02 Å². The fraction of sp³-hybridized carbons (Fsp3) is 0.444. The van der Waals surface area contributed by atoms with E-state index in [1.165, 1.54) is 0 Å². The first-order valence-corrected chi connectivity index (χ1v) is 8.91. The molecule has 0 saturated carbocycles. The van der Waals surface area contributed by atoms with Crippen molar-refractivity contribution in [1.29, 1.82) is 0 Å². The number of hydrogen-bond donors (Lipinski definition) is 1. The van der Waals surface area contributed by atoms with Crippen molar-refractivity contribution in [2.45, 2.75) is 12.5 Å². The number of carbonyl (C=O) groups is 1. The maximum absolute atomic E-state index is 13.2. The molecule has 140 valence electrons. The number of carbonyl (C=O) groups excluding carboxylic acids is 1. The van der Waals surface area contributed by atoms with Crippen molar-refractivity contribution in [3.8, 4) is 5.75 Å². The molecule has 2 atom stereocenters. The topological polar surface area (TPSA) is 59.4 Å². The van der Waals surface area contributed by atoms with Crippen LogP contribution in [0.1, 0.15) is 17.4 Å². The molecule has 1 amide bonds. The second-order valence-corrected chi connectivity index (χ2v) is 7.05. The zero-order valence-electron chi connectivity index (χ0n) is 14.5. The molecule has 4 rings (SSSR count). The Labute approximate surface area is 163 Å². The van der Waals surface area contributed by atoms with E-state index >= 15 is 0 Å². The molecule has 1 fully saturated rings. The van der Waals surface area contributed by atoms with E-state index in [-0.39, 0.29) is 30.3 Å². The maximum atomic E-state index is 13.2. The first-order chi connectivity index (χ1) is 12.1. The number of ether oxygens (including phenoxy) is 1. The first-order valence-electron chi connectivity index (χ1n) is 8.53. The van der Waals surface area contributed by atoms with Crippen LogP contribution in [0.25, 0.3) is 0 Å². The number of halogens is 2. The number of fused-ring (bicyclic) bond motifs is 1. The number of amides is 1. The number of aryl methyl sites for hydroxylation is 1. The molecule has 1 N–H and O–H groups in total. The largest absolute Gasteiger partial charge is 0.492 e. The molecule has 6 nitrogen and oxygen atoms in total. The van der Waals surface area contributed by atoms with E-state index in [2.05, 4.69) is 10.3 Å². The van der Waals surface area contributed by atoms with Gasteiger partial charge in [-0.2, -0.15) is 0 Å². The minimum atomic E-state index is -0.188. The molecule has 2 aromatic rings. The molecule has 1 saturated heterocycles. The standard InChI is InChI=1S/C18H21ClN4O2.ClH/c1-22-6-5-21-17(22)15-10-20-4-7-23(15)18(24)13-8-12-9-14(19)2-3-16(12)25-11-13;/h2-3,5-6,9,13,15,20H,4,7-8,10-11H2,1H3;1H. The van der Waals surface area contributed by atoms with Gasteiger partial charge in [-0.25, -0.2) is 4.98 Å². The Morgan fingerprint density at radius 2 is 2.27 bits per heavy atom. The number of nitrogens with one attached hydrogen (secondary N) is 1. The van der Waals surface area contributed by atoms with Crippen LogP contribution in [-0.4, -0.2) is 46.6 Å². The number of nitrogens with zero attached hydrogens (tertiary/aromatic N) is 3. The molecule has 3 heterocycles. The van der Waals surface area contributed by atoms with Crippen molar-refractivity contribution >= 4 is 29.9 Å². The molecule has 0 aliphatic carbocycles. The van der Waals surface area contributed by atoms with E-state index < -0.39 is 0 Å². The molecule has 0 bridgehead atoms. The quantitative estimate of drug-likeness (QED) is 0.845. The first kappa shape index (κ1) is 19.0. The van der Waals surface area contributed by atoms with E-state index in [4.69, 9.17) is 16.3 Å². The summed E-state index contributed by atoms with van der Waals surface area (Å²) in [4.78, 5) is 19.6. The number of piperazine rings is 1. The van der Waals surface area contributed by atoms with Gasteiger partial charge in [-0.15, -0.1) is 12.4 Å². The molecule has 26 heavy (non-hydrogen) atoms. The SMILES string of the molecule is Cl.Cn1ccnc1C1CNCCN1C(=O)C1COc2ccc(Cl)cc2C1. The number of benzene rings is 1.